The second kappa shape index (κ2) is 4.85. The van der Waals surface area contributed by atoms with Gasteiger partial charge in [-0.25, -0.2) is 0 Å². The van der Waals surface area contributed by atoms with Crippen molar-refractivity contribution < 1.29 is 5.11 Å². The normalized spacial score (nSPS) is 12.0. The smallest absolute Gasteiger partial charge is 0.115 e. The molecule has 0 spiro atoms. The molecular weight excluding hydrogens is 248 g/mol. The van der Waals surface area contributed by atoms with Crippen LogP contribution in [0.3, 0.4) is 0 Å². The molecule has 1 aromatic heterocycles. The van der Waals surface area contributed by atoms with Crippen LogP contribution in [0.5, 0.6) is 5.75 Å². The summed E-state index contributed by atoms with van der Waals surface area (Å²) < 4.78 is 2.15. The molecule has 3 aromatic rings. The summed E-state index contributed by atoms with van der Waals surface area (Å²) in [6, 6.07) is 17.3. The second-order valence-electron chi connectivity index (χ2n) is 4.86. The van der Waals surface area contributed by atoms with E-state index < -0.39 is 0 Å². The zero-order chi connectivity index (χ0) is 14.1. The minimum atomic E-state index is 0.256. The first kappa shape index (κ1) is 12.5. The fourth-order valence-corrected chi connectivity index (χ4v) is 2.41. The molecule has 1 heterocycles. The van der Waals surface area contributed by atoms with Crippen LogP contribution in [0.1, 0.15) is 12.6 Å². The number of nitrogens with zero attached hydrogens (tertiary/aromatic N) is 2. The highest BCUT2D eigenvalue weighted by atomic mass is 16.3. The van der Waals surface area contributed by atoms with Crippen molar-refractivity contribution in [2.24, 2.45) is 12.0 Å². The number of hydrogen-bond acceptors (Lipinski definition) is 2. The predicted octanol–water partition coefficient (Wildman–Crippen LogP) is 4.02. The topological polar surface area (TPSA) is 37.5 Å². The number of aromatic nitrogens is 1. The minimum absolute atomic E-state index is 0.256. The summed E-state index contributed by atoms with van der Waals surface area (Å²) in [5.74, 6) is 0.256. The quantitative estimate of drug-likeness (QED) is 0.697. The number of aromatic hydroxyl groups is 1. The lowest BCUT2D eigenvalue weighted by Crippen LogP contribution is -2.02. The zero-order valence-corrected chi connectivity index (χ0v) is 11.5. The van der Waals surface area contributed by atoms with Crippen molar-refractivity contribution in [3.8, 4) is 5.75 Å². The van der Waals surface area contributed by atoms with E-state index in [0.29, 0.717) is 0 Å². The Labute approximate surface area is 117 Å². The zero-order valence-electron chi connectivity index (χ0n) is 11.5. The van der Waals surface area contributed by atoms with Crippen molar-refractivity contribution in [3.05, 3.63) is 60.3 Å². The molecule has 0 saturated heterocycles. The highest BCUT2D eigenvalue weighted by Gasteiger charge is 2.07. The van der Waals surface area contributed by atoms with Gasteiger partial charge in [0.05, 0.1) is 17.1 Å². The highest BCUT2D eigenvalue weighted by molar-refractivity contribution is 6.03. The average Bonchev–Trinajstić information content (AvgIpc) is 2.79. The number of aryl methyl sites for hydroxylation is 1. The van der Waals surface area contributed by atoms with Crippen molar-refractivity contribution >= 4 is 22.3 Å². The molecule has 0 amide bonds. The molecule has 0 aliphatic carbocycles. The number of phenols is 1. The Morgan fingerprint density at radius 1 is 1.05 bits per heavy atom. The van der Waals surface area contributed by atoms with Crippen LogP contribution >= 0.6 is 0 Å². The van der Waals surface area contributed by atoms with Gasteiger partial charge < -0.3 is 9.67 Å². The Balaban J connectivity index is 2.05. The molecule has 0 aliphatic rings. The molecule has 0 fully saturated rings. The number of rotatable bonds is 2. The number of phenolic OH excluding ortho intramolecular Hbond substituents is 1. The van der Waals surface area contributed by atoms with Gasteiger partial charge in [-0.15, -0.1) is 0 Å². The molecule has 0 atom stereocenters. The second-order valence-corrected chi connectivity index (χ2v) is 4.86. The summed E-state index contributed by atoms with van der Waals surface area (Å²) in [6.45, 7) is 2.00. The maximum absolute atomic E-state index is 9.29. The SMILES string of the molecule is CC(=Nc1ccc(O)cc1)c1cc2ccccc2n1C. The third-order valence-electron chi connectivity index (χ3n) is 3.47. The lowest BCUT2D eigenvalue weighted by atomic mass is 10.2. The maximum atomic E-state index is 9.29. The molecule has 0 aliphatic heterocycles. The number of benzene rings is 2. The van der Waals surface area contributed by atoms with Crippen LogP contribution in [0.2, 0.25) is 0 Å². The van der Waals surface area contributed by atoms with Gasteiger partial charge in [-0.05, 0) is 43.3 Å². The van der Waals surface area contributed by atoms with E-state index in [2.05, 4.69) is 27.8 Å². The minimum Gasteiger partial charge on any atom is -0.508 e. The van der Waals surface area contributed by atoms with Gasteiger partial charge in [0.15, 0.2) is 0 Å². The fraction of sp³-hybridized carbons (Fsp3) is 0.118. The van der Waals surface area contributed by atoms with Crippen molar-refractivity contribution in [3.63, 3.8) is 0 Å². The largest absolute Gasteiger partial charge is 0.508 e. The average molecular weight is 264 g/mol. The Bertz CT molecular complexity index is 782. The first-order valence-corrected chi connectivity index (χ1v) is 6.54. The molecule has 0 radical (unpaired) electrons. The fourth-order valence-electron chi connectivity index (χ4n) is 2.41. The van der Waals surface area contributed by atoms with Gasteiger partial charge >= 0.3 is 0 Å². The van der Waals surface area contributed by atoms with Gasteiger partial charge in [0, 0.05) is 18.0 Å². The molecule has 1 N–H and O–H groups in total. The van der Waals surface area contributed by atoms with Crippen molar-refractivity contribution in [2.45, 2.75) is 6.92 Å². The Morgan fingerprint density at radius 3 is 2.45 bits per heavy atom. The maximum Gasteiger partial charge on any atom is 0.115 e. The van der Waals surface area contributed by atoms with Gasteiger partial charge in [0.2, 0.25) is 0 Å². The van der Waals surface area contributed by atoms with Crippen molar-refractivity contribution in [1.29, 1.82) is 0 Å². The standard InChI is InChI=1S/C17H16N2O/c1-12(18-14-7-9-15(20)10-8-14)17-11-13-5-3-4-6-16(13)19(17)2/h3-11,20H,1-2H3. The van der Waals surface area contributed by atoms with E-state index in [0.717, 1.165) is 17.1 Å². The van der Waals surface area contributed by atoms with Crippen molar-refractivity contribution in [1.82, 2.24) is 4.57 Å². The van der Waals surface area contributed by atoms with Crippen LogP contribution in [0, 0.1) is 0 Å². The molecule has 2 aromatic carbocycles. The molecule has 3 heteroatoms. The van der Waals surface area contributed by atoms with E-state index in [1.54, 1.807) is 12.1 Å². The number of fused-ring (bicyclic) bond motifs is 1. The number of para-hydroxylation sites is 1. The summed E-state index contributed by atoms with van der Waals surface area (Å²) >= 11 is 0. The van der Waals surface area contributed by atoms with Crippen LogP contribution in [-0.2, 0) is 7.05 Å². The van der Waals surface area contributed by atoms with E-state index in [1.165, 1.54) is 10.9 Å². The summed E-state index contributed by atoms with van der Waals surface area (Å²) in [6.07, 6.45) is 0. The Hall–Kier alpha value is -2.55. The van der Waals surface area contributed by atoms with Gasteiger partial charge in [-0.1, -0.05) is 18.2 Å². The van der Waals surface area contributed by atoms with Gasteiger partial charge in [0.1, 0.15) is 5.75 Å². The summed E-state index contributed by atoms with van der Waals surface area (Å²) in [5.41, 5.74) is 4.09. The van der Waals surface area contributed by atoms with E-state index in [1.807, 2.05) is 38.2 Å². The highest BCUT2D eigenvalue weighted by Crippen LogP contribution is 2.22. The molecule has 0 bridgehead atoms. The van der Waals surface area contributed by atoms with E-state index >= 15 is 0 Å². The lowest BCUT2D eigenvalue weighted by Gasteiger charge is -2.04. The number of aliphatic imine (C=N–C) groups is 1. The summed E-state index contributed by atoms with van der Waals surface area (Å²) in [5, 5.41) is 10.5. The van der Waals surface area contributed by atoms with E-state index in [4.69, 9.17) is 0 Å². The van der Waals surface area contributed by atoms with Gasteiger partial charge in [0.25, 0.3) is 0 Å². The molecule has 3 rings (SSSR count). The van der Waals surface area contributed by atoms with Crippen LogP contribution in [-0.4, -0.2) is 15.4 Å². The van der Waals surface area contributed by atoms with Gasteiger partial charge in [-0.3, -0.25) is 4.99 Å². The first-order chi connectivity index (χ1) is 9.65. The number of hydrogen-bond donors (Lipinski definition) is 1. The summed E-state index contributed by atoms with van der Waals surface area (Å²) in [7, 11) is 2.05. The monoisotopic (exact) mass is 264 g/mol. The van der Waals surface area contributed by atoms with Crippen LogP contribution in [0.25, 0.3) is 10.9 Å². The van der Waals surface area contributed by atoms with Crippen molar-refractivity contribution in [2.75, 3.05) is 0 Å². The predicted molar refractivity (Wildman–Crippen MR) is 82.9 cm³/mol. The first-order valence-electron chi connectivity index (χ1n) is 6.54. The van der Waals surface area contributed by atoms with E-state index in [-0.39, 0.29) is 5.75 Å². The molecule has 0 unspecified atom stereocenters. The molecule has 20 heavy (non-hydrogen) atoms. The third kappa shape index (κ3) is 2.18. The molecule has 3 nitrogen and oxygen atoms in total. The van der Waals surface area contributed by atoms with Gasteiger partial charge in [-0.2, -0.15) is 0 Å². The lowest BCUT2D eigenvalue weighted by molar-refractivity contribution is 0.475. The Kier molecular flexibility index (Phi) is 3.03. The summed E-state index contributed by atoms with van der Waals surface area (Å²) in [4.78, 5) is 4.61. The molecule has 0 saturated carbocycles. The van der Waals surface area contributed by atoms with E-state index in [9.17, 15) is 5.11 Å². The van der Waals surface area contributed by atoms with Crippen LogP contribution in [0.4, 0.5) is 5.69 Å². The Morgan fingerprint density at radius 2 is 1.75 bits per heavy atom. The third-order valence-corrected chi connectivity index (χ3v) is 3.47. The molecule has 100 valence electrons. The molecular formula is C17H16N2O. The van der Waals surface area contributed by atoms with Crippen LogP contribution in [0.15, 0.2) is 59.6 Å². The van der Waals surface area contributed by atoms with Crippen LogP contribution < -0.4 is 0 Å².